The molecule has 2 amide bonds. The van der Waals surface area contributed by atoms with Crippen LogP contribution in [-0.4, -0.2) is 45.2 Å². The van der Waals surface area contributed by atoms with Crippen molar-refractivity contribution >= 4 is 29.9 Å². The first kappa shape index (κ1) is 22.3. The van der Waals surface area contributed by atoms with Crippen LogP contribution in [-0.2, 0) is 9.59 Å². The molecule has 3 atom stereocenters. The van der Waals surface area contributed by atoms with Gasteiger partial charge < -0.3 is 25.4 Å². The number of hydrogen-bond donors (Lipinski definition) is 2. The van der Waals surface area contributed by atoms with Crippen molar-refractivity contribution in [2.75, 3.05) is 32.2 Å². The van der Waals surface area contributed by atoms with E-state index >= 15 is 0 Å². The zero-order chi connectivity index (χ0) is 19.4. The van der Waals surface area contributed by atoms with Crippen LogP contribution in [0.1, 0.15) is 32.1 Å². The van der Waals surface area contributed by atoms with Crippen LogP contribution in [0.4, 0.5) is 5.69 Å². The Kier molecular flexibility index (Phi) is 7.95. The van der Waals surface area contributed by atoms with Gasteiger partial charge in [0.15, 0.2) is 0 Å². The highest BCUT2D eigenvalue weighted by molar-refractivity contribution is 6.00. The number of rotatable bonds is 6. The maximum atomic E-state index is 12.8. The van der Waals surface area contributed by atoms with Gasteiger partial charge in [-0.15, -0.1) is 12.4 Å². The molecule has 1 saturated heterocycles. The lowest BCUT2D eigenvalue weighted by Gasteiger charge is -2.32. The minimum atomic E-state index is -0.352. The van der Waals surface area contributed by atoms with Gasteiger partial charge in [0, 0.05) is 37.2 Å². The Morgan fingerprint density at radius 3 is 2.43 bits per heavy atom. The van der Waals surface area contributed by atoms with E-state index in [0.29, 0.717) is 36.2 Å². The molecule has 0 spiro atoms. The summed E-state index contributed by atoms with van der Waals surface area (Å²) in [4.78, 5) is 26.9. The first-order valence-electron chi connectivity index (χ1n) is 9.59. The number of nitrogens with two attached hydrogens (primary N) is 1. The Bertz CT molecular complexity index is 678. The zero-order valence-corrected chi connectivity index (χ0v) is 17.3. The number of ether oxygens (including phenoxy) is 2. The van der Waals surface area contributed by atoms with Crippen LogP contribution >= 0.6 is 12.4 Å². The molecule has 1 saturated carbocycles. The summed E-state index contributed by atoms with van der Waals surface area (Å²) in [6, 6.07) is 5.44. The molecule has 0 bridgehead atoms. The average molecular weight is 412 g/mol. The Morgan fingerprint density at radius 2 is 1.82 bits per heavy atom. The number of methoxy groups -OCH3 is 2. The third kappa shape index (κ3) is 4.89. The molecule has 28 heavy (non-hydrogen) atoms. The molecule has 2 aliphatic rings. The van der Waals surface area contributed by atoms with E-state index in [1.54, 1.807) is 37.3 Å². The van der Waals surface area contributed by atoms with E-state index in [-0.39, 0.29) is 42.6 Å². The second-order valence-corrected chi connectivity index (χ2v) is 7.37. The Morgan fingerprint density at radius 1 is 1.18 bits per heavy atom. The average Bonchev–Trinajstić information content (AvgIpc) is 3.09. The van der Waals surface area contributed by atoms with Gasteiger partial charge in [-0.25, -0.2) is 0 Å². The molecule has 7 nitrogen and oxygen atoms in total. The second-order valence-electron chi connectivity index (χ2n) is 7.37. The van der Waals surface area contributed by atoms with Crippen molar-refractivity contribution in [3.63, 3.8) is 0 Å². The van der Waals surface area contributed by atoms with Gasteiger partial charge in [0.25, 0.3) is 0 Å². The van der Waals surface area contributed by atoms with Crippen molar-refractivity contribution in [1.29, 1.82) is 0 Å². The van der Waals surface area contributed by atoms with E-state index < -0.39 is 0 Å². The Labute approximate surface area is 172 Å². The van der Waals surface area contributed by atoms with Gasteiger partial charge in [-0.05, 0) is 25.3 Å². The predicted octanol–water partition coefficient (Wildman–Crippen LogP) is 2.11. The number of hydrogen-bond acceptors (Lipinski definition) is 5. The fourth-order valence-corrected chi connectivity index (χ4v) is 4.06. The Hall–Kier alpha value is -1.99. The molecule has 156 valence electrons. The molecule has 2 fully saturated rings. The number of amides is 2. The molecule has 0 radical (unpaired) electrons. The van der Waals surface area contributed by atoms with E-state index in [0.717, 1.165) is 19.3 Å². The fourth-order valence-electron chi connectivity index (χ4n) is 4.06. The molecule has 0 aromatic heterocycles. The minimum Gasteiger partial charge on any atom is -0.497 e. The molecule has 1 aromatic carbocycles. The Balaban J connectivity index is 0.00000280. The van der Waals surface area contributed by atoms with Gasteiger partial charge in [0.1, 0.15) is 11.5 Å². The van der Waals surface area contributed by atoms with Gasteiger partial charge in [0.2, 0.25) is 11.8 Å². The van der Waals surface area contributed by atoms with Crippen LogP contribution in [0.5, 0.6) is 11.5 Å². The lowest BCUT2D eigenvalue weighted by Crippen LogP contribution is -2.47. The van der Waals surface area contributed by atoms with Crippen molar-refractivity contribution in [3.8, 4) is 11.5 Å². The van der Waals surface area contributed by atoms with Crippen molar-refractivity contribution in [2.45, 2.75) is 38.1 Å². The summed E-state index contributed by atoms with van der Waals surface area (Å²) in [7, 11) is 3.14. The first-order valence-corrected chi connectivity index (χ1v) is 9.59. The second kappa shape index (κ2) is 9.98. The van der Waals surface area contributed by atoms with Crippen molar-refractivity contribution in [3.05, 3.63) is 18.2 Å². The number of nitrogens with one attached hydrogen (secondary N) is 1. The van der Waals surface area contributed by atoms with Crippen LogP contribution in [0, 0.1) is 11.8 Å². The van der Waals surface area contributed by atoms with Crippen molar-refractivity contribution < 1.29 is 19.1 Å². The van der Waals surface area contributed by atoms with Gasteiger partial charge in [-0.1, -0.05) is 12.8 Å². The highest BCUT2D eigenvalue weighted by Gasteiger charge is 2.37. The largest absolute Gasteiger partial charge is 0.497 e. The van der Waals surface area contributed by atoms with Crippen LogP contribution in [0.3, 0.4) is 0 Å². The lowest BCUT2D eigenvalue weighted by molar-refractivity contribution is -0.127. The SMILES string of the molecule is COc1cc(OC)cc(N2CC(C(=O)NC3CCCCC3CN)CC2=O)c1.Cl. The molecule has 3 unspecified atom stereocenters. The number of anilines is 1. The van der Waals surface area contributed by atoms with E-state index in [9.17, 15) is 9.59 Å². The van der Waals surface area contributed by atoms with Crippen LogP contribution < -0.4 is 25.4 Å². The number of halogens is 1. The lowest BCUT2D eigenvalue weighted by atomic mass is 9.84. The maximum absolute atomic E-state index is 12.8. The highest BCUT2D eigenvalue weighted by Crippen LogP contribution is 2.32. The van der Waals surface area contributed by atoms with Gasteiger partial charge >= 0.3 is 0 Å². The smallest absolute Gasteiger partial charge is 0.227 e. The summed E-state index contributed by atoms with van der Waals surface area (Å²) < 4.78 is 10.6. The number of carbonyl (C=O) groups is 2. The van der Waals surface area contributed by atoms with E-state index in [4.69, 9.17) is 15.2 Å². The molecule has 8 heteroatoms. The molecule has 3 rings (SSSR count). The normalized spacial score (nSPS) is 24.5. The van der Waals surface area contributed by atoms with Crippen molar-refractivity contribution in [1.82, 2.24) is 5.32 Å². The number of nitrogens with zero attached hydrogens (tertiary/aromatic N) is 1. The molecular formula is C20H30ClN3O4. The van der Waals surface area contributed by atoms with Crippen LogP contribution in [0.2, 0.25) is 0 Å². The highest BCUT2D eigenvalue weighted by atomic mass is 35.5. The van der Waals surface area contributed by atoms with Gasteiger partial charge in [-0.2, -0.15) is 0 Å². The molecular weight excluding hydrogens is 382 g/mol. The maximum Gasteiger partial charge on any atom is 0.227 e. The molecule has 3 N–H and O–H groups in total. The van der Waals surface area contributed by atoms with E-state index in [1.807, 2.05) is 0 Å². The quantitative estimate of drug-likeness (QED) is 0.747. The summed E-state index contributed by atoms with van der Waals surface area (Å²) in [5, 5.41) is 3.15. The number of carbonyl (C=O) groups excluding carboxylic acids is 2. The molecule has 1 aromatic rings. The topological polar surface area (TPSA) is 93.9 Å². The van der Waals surface area contributed by atoms with Crippen molar-refractivity contribution in [2.24, 2.45) is 17.6 Å². The summed E-state index contributed by atoms with van der Waals surface area (Å²) in [6.07, 6.45) is 4.51. The molecule has 1 aliphatic heterocycles. The van der Waals surface area contributed by atoms with Crippen LogP contribution in [0.25, 0.3) is 0 Å². The standard InChI is InChI=1S/C20H29N3O4.ClH/c1-26-16-8-15(9-17(10-16)27-2)23-12-14(7-19(23)24)20(25)22-18-6-4-3-5-13(18)11-21;/h8-10,13-14,18H,3-7,11-12,21H2,1-2H3,(H,22,25);1H. The minimum absolute atomic E-state index is 0. The summed E-state index contributed by atoms with van der Waals surface area (Å²) in [5.74, 6) is 1.08. The summed E-state index contributed by atoms with van der Waals surface area (Å²) in [6.45, 7) is 0.950. The summed E-state index contributed by atoms with van der Waals surface area (Å²) >= 11 is 0. The predicted molar refractivity (Wildman–Crippen MR) is 110 cm³/mol. The zero-order valence-electron chi connectivity index (χ0n) is 16.5. The third-order valence-electron chi connectivity index (χ3n) is 5.68. The molecule has 1 heterocycles. The number of benzene rings is 1. The summed E-state index contributed by atoms with van der Waals surface area (Å²) in [5.41, 5.74) is 6.54. The van der Waals surface area contributed by atoms with E-state index in [2.05, 4.69) is 5.32 Å². The molecule has 1 aliphatic carbocycles. The first-order chi connectivity index (χ1) is 13.0. The van der Waals surface area contributed by atoms with E-state index in [1.165, 1.54) is 6.42 Å². The van der Waals surface area contributed by atoms with Crippen LogP contribution in [0.15, 0.2) is 18.2 Å². The fraction of sp³-hybridized carbons (Fsp3) is 0.600. The monoisotopic (exact) mass is 411 g/mol. The third-order valence-corrected chi connectivity index (χ3v) is 5.68. The van der Waals surface area contributed by atoms with Gasteiger partial charge in [-0.3, -0.25) is 9.59 Å². The van der Waals surface area contributed by atoms with Gasteiger partial charge in [0.05, 0.1) is 25.8 Å².